The molecule has 160 valence electrons. The van der Waals surface area contributed by atoms with Crippen LogP contribution in [0.25, 0.3) is 22.8 Å². The van der Waals surface area contributed by atoms with Gasteiger partial charge in [-0.15, -0.1) is 10.2 Å². The predicted octanol–water partition coefficient (Wildman–Crippen LogP) is 5.98. The average Bonchev–Trinajstić information content (AvgIpc) is 3.39. The van der Waals surface area contributed by atoms with Gasteiger partial charge in [-0.3, -0.25) is 0 Å². The van der Waals surface area contributed by atoms with Crippen LogP contribution in [0.15, 0.2) is 58.2 Å². The Bertz CT molecular complexity index is 1170. The molecule has 0 bridgehead atoms. The summed E-state index contributed by atoms with van der Waals surface area (Å²) in [5.41, 5.74) is 0.605. The Morgan fingerprint density at radius 2 is 1.68 bits per heavy atom. The van der Waals surface area contributed by atoms with Crippen molar-refractivity contribution in [3.8, 4) is 22.8 Å². The van der Waals surface area contributed by atoms with Crippen molar-refractivity contribution in [2.24, 2.45) is 0 Å². The zero-order chi connectivity index (χ0) is 22.0. The normalized spacial score (nSPS) is 11.8. The Morgan fingerprint density at radius 3 is 2.32 bits per heavy atom. The second kappa shape index (κ2) is 8.72. The molecular weight excluding hydrogens is 451 g/mol. The van der Waals surface area contributed by atoms with Crippen molar-refractivity contribution in [3.05, 3.63) is 65.0 Å². The van der Waals surface area contributed by atoms with Crippen molar-refractivity contribution in [1.82, 2.24) is 24.9 Å². The van der Waals surface area contributed by atoms with Gasteiger partial charge in [-0.05, 0) is 43.3 Å². The quantitative estimate of drug-likeness (QED) is 0.326. The largest absolute Gasteiger partial charge is 0.416 e. The number of halogens is 4. The van der Waals surface area contributed by atoms with Crippen LogP contribution in [0.5, 0.6) is 0 Å². The van der Waals surface area contributed by atoms with Crippen molar-refractivity contribution in [3.63, 3.8) is 0 Å². The average molecular weight is 466 g/mol. The number of benzene rings is 2. The maximum atomic E-state index is 12.7. The Hall–Kier alpha value is -2.85. The molecule has 31 heavy (non-hydrogen) atoms. The van der Waals surface area contributed by atoms with E-state index in [1.54, 1.807) is 12.1 Å². The smallest absolute Gasteiger partial charge is 0.338 e. The van der Waals surface area contributed by atoms with E-state index < -0.39 is 11.7 Å². The first-order valence-electron chi connectivity index (χ1n) is 9.17. The molecule has 0 spiro atoms. The standard InChI is InChI=1S/C20H15ClF3N5OS/c1-2-29-18(13-5-9-15(21)10-6-13)26-27-19(29)31-11-16-25-17(28-30-16)12-3-7-14(8-4-12)20(22,23)24/h3-10H,2,11H2,1H3. The van der Waals surface area contributed by atoms with E-state index >= 15 is 0 Å². The van der Waals surface area contributed by atoms with Gasteiger partial charge in [-0.25, -0.2) is 0 Å². The molecule has 0 aliphatic rings. The number of aromatic nitrogens is 5. The Labute approximate surface area is 184 Å². The van der Waals surface area contributed by atoms with E-state index in [9.17, 15) is 13.2 Å². The third kappa shape index (κ3) is 4.75. The van der Waals surface area contributed by atoms with Crippen LogP contribution in [0.4, 0.5) is 13.2 Å². The predicted molar refractivity (Wildman–Crippen MR) is 110 cm³/mol. The molecule has 0 unspecified atom stereocenters. The van der Waals surface area contributed by atoms with Crippen LogP contribution in [0.3, 0.4) is 0 Å². The number of nitrogens with zero attached hydrogens (tertiary/aromatic N) is 5. The molecule has 0 aliphatic heterocycles. The lowest BCUT2D eigenvalue weighted by atomic mass is 10.1. The summed E-state index contributed by atoms with van der Waals surface area (Å²) in [6.07, 6.45) is -4.39. The molecule has 4 aromatic rings. The molecule has 0 fully saturated rings. The first kappa shape index (κ1) is 21.4. The van der Waals surface area contributed by atoms with Crippen molar-refractivity contribution in [1.29, 1.82) is 0 Å². The van der Waals surface area contributed by atoms with Gasteiger partial charge in [0.05, 0.1) is 11.3 Å². The lowest BCUT2D eigenvalue weighted by Gasteiger charge is -2.06. The zero-order valence-corrected chi connectivity index (χ0v) is 17.7. The van der Waals surface area contributed by atoms with Gasteiger partial charge in [0, 0.05) is 22.7 Å². The van der Waals surface area contributed by atoms with Gasteiger partial charge in [0.15, 0.2) is 11.0 Å². The first-order chi connectivity index (χ1) is 14.8. The molecule has 0 saturated heterocycles. The van der Waals surface area contributed by atoms with Gasteiger partial charge >= 0.3 is 6.18 Å². The van der Waals surface area contributed by atoms with Crippen LogP contribution in [0, 0.1) is 0 Å². The second-order valence-electron chi connectivity index (χ2n) is 6.43. The van der Waals surface area contributed by atoms with Gasteiger partial charge in [-0.2, -0.15) is 18.2 Å². The number of alkyl halides is 3. The molecular formula is C20H15ClF3N5OS. The molecule has 6 nitrogen and oxygen atoms in total. The highest BCUT2D eigenvalue weighted by Crippen LogP contribution is 2.31. The number of thioether (sulfide) groups is 1. The molecule has 2 aromatic carbocycles. The highest BCUT2D eigenvalue weighted by Gasteiger charge is 2.30. The van der Waals surface area contributed by atoms with Gasteiger partial charge < -0.3 is 9.09 Å². The van der Waals surface area contributed by atoms with Crippen LogP contribution in [-0.4, -0.2) is 24.9 Å². The molecule has 2 aromatic heterocycles. The minimum absolute atomic E-state index is 0.225. The highest BCUT2D eigenvalue weighted by molar-refractivity contribution is 7.98. The SMILES string of the molecule is CCn1c(SCc2nc(-c3ccc(C(F)(F)F)cc3)no2)nnc1-c1ccc(Cl)cc1. The first-order valence-corrected chi connectivity index (χ1v) is 10.5. The monoisotopic (exact) mass is 465 g/mol. The van der Waals surface area contributed by atoms with E-state index in [1.807, 2.05) is 23.6 Å². The number of hydrogen-bond donors (Lipinski definition) is 0. The summed E-state index contributed by atoms with van der Waals surface area (Å²) >= 11 is 7.33. The highest BCUT2D eigenvalue weighted by atomic mass is 35.5. The summed E-state index contributed by atoms with van der Waals surface area (Å²) < 4.78 is 45.3. The number of hydrogen-bond acceptors (Lipinski definition) is 6. The van der Waals surface area contributed by atoms with Crippen LogP contribution in [-0.2, 0) is 18.5 Å². The Morgan fingerprint density at radius 1 is 1.00 bits per heavy atom. The summed E-state index contributed by atoms with van der Waals surface area (Å²) in [4.78, 5) is 4.27. The molecule has 0 radical (unpaired) electrons. The molecule has 11 heteroatoms. The molecule has 4 rings (SSSR count). The summed E-state index contributed by atoms with van der Waals surface area (Å²) in [7, 11) is 0. The van der Waals surface area contributed by atoms with E-state index in [0.717, 1.165) is 23.5 Å². The van der Waals surface area contributed by atoms with Gasteiger partial charge in [0.2, 0.25) is 11.7 Å². The minimum Gasteiger partial charge on any atom is -0.338 e. The van der Waals surface area contributed by atoms with Crippen LogP contribution < -0.4 is 0 Å². The molecule has 0 atom stereocenters. The fourth-order valence-electron chi connectivity index (χ4n) is 2.86. The lowest BCUT2D eigenvalue weighted by Crippen LogP contribution is -2.04. The lowest BCUT2D eigenvalue weighted by molar-refractivity contribution is -0.137. The fraction of sp³-hybridized carbons (Fsp3) is 0.200. The summed E-state index contributed by atoms with van der Waals surface area (Å²) in [5.74, 6) is 1.62. The van der Waals surface area contributed by atoms with Crippen molar-refractivity contribution in [2.45, 2.75) is 30.6 Å². The van der Waals surface area contributed by atoms with Crippen molar-refractivity contribution < 1.29 is 17.7 Å². The topological polar surface area (TPSA) is 69.6 Å². The maximum absolute atomic E-state index is 12.7. The maximum Gasteiger partial charge on any atom is 0.416 e. The van der Waals surface area contributed by atoms with E-state index in [4.69, 9.17) is 16.1 Å². The molecule has 0 saturated carbocycles. The summed E-state index contributed by atoms with van der Waals surface area (Å²) in [6.45, 7) is 2.65. The van der Waals surface area contributed by atoms with Crippen LogP contribution in [0.2, 0.25) is 5.02 Å². The molecule has 0 aliphatic carbocycles. The minimum atomic E-state index is -4.39. The Kier molecular flexibility index (Phi) is 6.01. The zero-order valence-electron chi connectivity index (χ0n) is 16.1. The van der Waals surface area contributed by atoms with Gasteiger partial charge in [0.1, 0.15) is 0 Å². The third-order valence-corrected chi connectivity index (χ3v) is 5.60. The third-order valence-electron chi connectivity index (χ3n) is 4.40. The second-order valence-corrected chi connectivity index (χ2v) is 7.81. The van der Waals surface area contributed by atoms with E-state index in [-0.39, 0.29) is 5.82 Å². The van der Waals surface area contributed by atoms with E-state index in [2.05, 4.69) is 20.3 Å². The molecule has 0 amide bonds. The molecule has 0 N–H and O–H groups in total. The van der Waals surface area contributed by atoms with Gasteiger partial charge in [-0.1, -0.05) is 40.7 Å². The van der Waals surface area contributed by atoms with E-state index in [0.29, 0.717) is 33.9 Å². The summed E-state index contributed by atoms with van der Waals surface area (Å²) in [6, 6.07) is 11.9. The van der Waals surface area contributed by atoms with Gasteiger partial charge in [0.25, 0.3) is 0 Å². The van der Waals surface area contributed by atoms with Crippen LogP contribution in [0.1, 0.15) is 18.4 Å². The van der Waals surface area contributed by atoms with E-state index in [1.165, 1.54) is 23.9 Å². The van der Waals surface area contributed by atoms with Crippen molar-refractivity contribution >= 4 is 23.4 Å². The van der Waals surface area contributed by atoms with Crippen LogP contribution >= 0.6 is 23.4 Å². The molecule has 2 heterocycles. The summed E-state index contributed by atoms with van der Waals surface area (Å²) in [5, 5.41) is 13.7. The fourth-order valence-corrected chi connectivity index (χ4v) is 3.82. The number of rotatable bonds is 6. The van der Waals surface area contributed by atoms with Crippen molar-refractivity contribution in [2.75, 3.05) is 0 Å². The Balaban J connectivity index is 1.47.